The number of imidazole rings is 1. The van der Waals surface area contributed by atoms with Crippen molar-refractivity contribution in [2.75, 3.05) is 39.8 Å². The van der Waals surface area contributed by atoms with Crippen LogP contribution in [0.4, 0.5) is 0 Å². The largest absolute Gasteiger partial charge is 0.302 e. The minimum Gasteiger partial charge on any atom is -0.302 e. The number of piperidine rings is 1. The Balaban J connectivity index is 1.47. The SMILES string of the molecule is CCN1CCN(Cc2c([C@H]3CCC[C@@H](c4ncccc4C)N3C)nc3ccccn23)CC1. The van der Waals surface area contributed by atoms with Crippen LogP contribution in [0.15, 0.2) is 42.7 Å². The number of hydrogen-bond acceptors (Lipinski definition) is 5. The molecule has 0 saturated carbocycles. The summed E-state index contributed by atoms with van der Waals surface area (Å²) in [6.45, 7) is 11.1. The van der Waals surface area contributed by atoms with Gasteiger partial charge in [-0.05, 0) is 63.5 Å². The molecule has 0 radical (unpaired) electrons. The minimum absolute atomic E-state index is 0.321. The standard InChI is InChI=1S/C26H36N6/c1-4-30-15-17-31(18-16-30)19-23-26(28-24-12-5-6-14-32(23)24)22-11-7-10-21(29(22)3)25-20(2)9-8-13-27-25/h5-6,8-9,12-14,21-22H,4,7,10-11,15-19H2,1-3H3/t21-,22+/m0/s1. The Bertz CT molecular complexity index is 1050. The van der Waals surface area contributed by atoms with Crippen LogP contribution in [0.2, 0.25) is 0 Å². The van der Waals surface area contributed by atoms with E-state index in [0.29, 0.717) is 12.1 Å². The summed E-state index contributed by atoms with van der Waals surface area (Å²) in [5, 5.41) is 0. The highest BCUT2D eigenvalue weighted by Crippen LogP contribution is 2.41. The van der Waals surface area contributed by atoms with Crippen molar-refractivity contribution < 1.29 is 0 Å². The molecule has 2 fully saturated rings. The monoisotopic (exact) mass is 432 g/mol. The average molecular weight is 433 g/mol. The zero-order valence-electron chi connectivity index (χ0n) is 19.7. The van der Waals surface area contributed by atoms with Crippen molar-refractivity contribution in [3.8, 4) is 0 Å². The third kappa shape index (κ3) is 4.07. The van der Waals surface area contributed by atoms with Crippen molar-refractivity contribution in [3.63, 3.8) is 0 Å². The highest BCUT2D eigenvalue weighted by Gasteiger charge is 2.34. The first-order chi connectivity index (χ1) is 15.7. The summed E-state index contributed by atoms with van der Waals surface area (Å²) in [6.07, 6.45) is 7.64. The predicted octanol–water partition coefficient (Wildman–Crippen LogP) is 4.07. The average Bonchev–Trinajstić information content (AvgIpc) is 3.18. The van der Waals surface area contributed by atoms with E-state index >= 15 is 0 Å². The van der Waals surface area contributed by atoms with Gasteiger partial charge in [0.1, 0.15) is 5.65 Å². The van der Waals surface area contributed by atoms with Gasteiger partial charge in [0.05, 0.1) is 29.2 Å². The van der Waals surface area contributed by atoms with Gasteiger partial charge in [-0.25, -0.2) is 4.98 Å². The molecule has 0 amide bonds. The first-order valence-electron chi connectivity index (χ1n) is 12.2. The van der Waals surface area contributed by atoms with Gasteiger partial charge in [0, 0.05) is 45.1 Å². The number of nitrogens with zero attached hydrogens (tertiary/aromatic N) is 6. The van der Waals surface area contributed by atoms with Gasteiger partial charge >= 0.3 is 0 Å². The van der Waals surface area contributed by atoms with E-state index in [-0.39, 0.29) is 0 Å². The Morgan fingerprint density at radius 2 is 1.69 bits per heavy atom. The summed E-state index contributed by atoms with van der Waals surface area (Å²) < 4.78 is 2.32. The summed E-state index contributed by atoms with van der Waals surface area (Å²) in [6, 6.07) is 11.3. The van der Waals surface area contributed by atoms with E-state index in [4.69, 9.17) is 9.97 Å². The maximum absolute atomic E-state index is 5.20. The molecule has 0 aliphatic carbocycles. The van der Waals surface area contributed by atoms with Crippen LogP contribution in [0.25, 0.3) is 5.65 Å². The molecule has 6 nitrogen and oxygen atoms in total. The van der Waals surface area contributed by atoms with Crippen LogP contribution in [0.1, 0.15) is 60.9 Å². The zero-order valence-corrected chi connectivity index (χ0v) is 19.7. The first kappa shape index (κ1) is 21.6. The van der Waals surface area contributed by atoms with Crippen molar-refractivity contribution in [1.82, 2.24) is 29.1 Å². The molecule has 0 N–H and O–H groups in total. The molecule has 0 bridgehead atoms. The van der Waals surface area contributed by atoms with Gasteiger partial charge in [0.15, 0.2) is 0 Å². The summed E-state index contributed by atoms with van der Waals surface area (Å²) in [5.41, 5.74) is 6.19. The van der Waals surface area contributed by atoms with Gasteiger partial charge in [-0.3, -0.25) is 14.8 Å². The molecule has 3 aromatic rings. The van der Waals surface area contributed by atoms with Gasteiger partial charge in [0.2, 0.25) is 0 Å². The highest BCUT2D eigenvalue weighted by molar-refractivity contribution is 5.44. The molecule has 0 aromatic carbocycles. The Hall–Kier alpha value is -2.28. The molecule has 3 aromatic heterocycles. The number of fused-ring (bicyclic) bond motifs is 1. The van der Waals surface area contributed by atoms with Crippen LogP contribution in [-0.2, 0) is 6.54 Å². The zero-order chi connectivity index (χ0) is 22.1. The first-order valence-corrected chi connectivity index (χ1v) is 12.2. The molecule has 0 unspecified atom stereocenters. The number of piperazine rings is 1. The van der Waals surface area contributed by atoms with Crippen molar-refractivity contribution >= 4 is 5.65 Å². The van der Waals surface area contributed by atoms with Crippen molar-refractivity contribution in [3.05, 3.63) is 65.4 Å². The van der Waals surface area contributed by atoms with Gasteiger partial charge in [0.25, 0.3) is 0 Å². The molecular formula is C26H36N6. The van der Waals surface area contributed by atoms with E-state index in [2.05, 4.69) is 70.5 Å². The highest BCUT2D eigenvalue weighted by atomic mass is 15.3. The minimum atomic E-state index is 0.321. The lowest BCUT2D eigenvalue weighted by molar-refractivity contribution is 0.105. The maximum Gasteiger partial charge on any atom is 0.137 e. The molecule has 170 valence electrons. The molecule has 5 rings (SSSR count). The quantitative estimate of drug-likeness (QED) is 0.608. The number of aromatic nitrogens is 3. The predicted molar refractivity (Wildman–Crippen MR) is 129 cm³/mol. The van der Waals surface area contributed by atoms with Crippen LogP contribution < -0.4 is 0 Å². The Morgan fingerprint density at radius 1 is 0.938 bits per heavy atom. The second kappa shape index (κ2) is 9.30. The number of rotatable bonds is 5. The lowest BCUT2D eigenvalue weighted by Crippen LogP contribution is -2.46. The topological polar surface area (TPSA) is 39.9 Å². The van der Waals surface area contributed by atoms with E-state index in [1.54, 1.807) is 0 Å². The van der Waals surface area contributed by atoms with E-state index < -0.39 is 0 Å². The van der Waals surface area contributed by atoms with E-state index in [1.165, 1.54) is 29.1 Å². The molecule has 32 heavy (non-hydrogen) atoms. The number of likely N-dealkylation sites (tertiary alicyclic amines) is 1. The molecule has 6 heteroatoms. The molecular weight excluding hydrogens is 396 g/mol. The van der Waals surface area contributed by atoms with Crippen molar-refractivity contribution in [2.45, 2.75) is 51.7 Å². The van der Waals surface area contributed by atoms with Crippen LogP contribution in [0.5, 0.6) is 0 Å². The third-order valence-electron chi connectivity index (χ3n) is 7.56. The molecule has 2 atom stereocenters. The van der Waals surface area contributed by atoms with Gasteiger partial charge < -0.3 is 9.30 Å². The number of likely N-dealkylation sites (N-methyl/N-ethyl adjacent to an activating group) is 1. The Kier molecular flexibility index (Phi) is 6.26. The summed E-state index contributed by atoms with van der Waals surface area (Å²) in [4.78, 5) is 17.7. The molecule has 0 spiro atoms. The summed E-state index contributed by atoms with van der Waals surface area (Å²) in [7, 11) is 2.27. The second-order valence-electron chi connectivity index (χ2n) is 9.42. The van der Waals surface area contributed by atoms with Crippen LogP contribution >= 0.6 is 0 Å². The fourth-order valence-corrected chi connectivity index (χ4v) is 5.60. The van der Waals surface area contributed by atoms with Crippen LogP contribution in [0, 0.1) is 6.92 Å². The van der Waals surface area contributed by atoms with Gasteiger partial charge in [-0.2, -0.15) is 0 Å². The summed E-state index contributed by atoms with van der Waals surface area (Å²) in [5.74, 6) is 0. The fraction of sp³-hybridized carbons (Fsp3) is 0.538. The fourth-order valence-electron chi connectivity index (χ4n) is 5.60. The lowest BCUT2D eigenvalue weighted by atomic mass is 9.90. The van der Waals surface area contributed by atoms with Crippen molar-refractivity contribution in [1.29, 1.82) is 0 Å². The molecule has 5 heterocycles. The Morgan fingerprint density at radius 3 is 2.44 bits per heavy atom. The van der Waals surface area contributed by atoms with Crippen molar-refractivity contribution in [2.24, 2.45) is 0 Å². The summed E-state index contributed by atoms with van der Waals surface area (Å²) >= 11 is 0. The van der Waals surface area contributed by atoms with Crippen LogP contribution in [0.3, 0.4) is 0 Å². The van der Waals surface area contributed by atoms with E-state index in [1.807, 2.05) is 12.3 Å². The number of pyridine rings is 2. The third-order valence-corrected chi connectivity index (χ3v) is 7.56. The molecule has 2 aliphatic heterocycles. The second-order valence-corrected chi connectivity index (χ2v) is 9.42. The molecule has 2 aliphatic rings. The van der Waals surface area contributed by atoms with E-state index in [0.717, 1.165) is 57.8 Å². The Labute approximate surface area is 191 Å². The van der Waals surface area contributed by atoms with Crippen LogP contribution in [-0.4, -0.2) is 68.8 Å². The number of aryl methyl sites for hydroxylation is 1. The van der Waals surface area contributed by atoms with Gasteiger partial charge in [-0.15, -0.1) is 0 Å². The lowest BCUT2D eigenvalue weighted by Gasteiger charge is -2.40. The maximum atomic E-state index is 5.20. The van der Waals surface area contributed by atoms with Gasteiger partial charge in [-0.1, -0.05) is 19.1 Å². The molecule has 2 saturated heterocycles. The smallest absolute Gasteiger partial charge is 0.137 e. The van der Waals surface area contributed by atoms with E-state index in [9.17, 15) is 0 Å². The number of hydrogen-bond donors (Lipinski definition) is 0. The normalized spacial score (nSPS) is 23.7.